The van der Waals surface area contributed by atoms with Crippen LogP contribution in [0.5, 0.6) is 5.75 Å². The van der Waals surface area contributed by atoms with Crippen molar-refractivity contribution in [3.8, 4) is 5.75 Å². The first-order valence-electron chi connectivity index (χ1n) is 4.24. The number of carbonyl (C=O) groups is 1. The van der Waals surface area contributed by atoms with E-state index >= 15 is 0 Å². The van der Waals surface area contributed by atoms with Gasteiger partial charge in [0, 0.05) is 5.56 Å². The van der Waals surface area contributed by atoms with E-state index in [1.54, 1.807) is 18.2 Å². The summed E-state index contributed by atoms with van der Waals surface area (Å²) >= 11 is 0. The van der Waals surface area contributed by atoms with Gasteiger partial charge in [-0.25, -0.2) is 0 Å². The van der Waals surface area contributed by atoms with Crippen LogP contribution in [0.3, 0.4) is 0 Å². The molecule has 0 atom stereocenters. The van der Waals surface area contributed by atoms with Crippen molar-refractivity contribution in [2.75, 3.05) is 0 Å². The minimum Gasteiger partial charge on any atom is -0.508 e. The number of phenols is 1. The summed E-state index contributed by atoms with van der Waals surface area (Å²) < 4.78 is 0. The molecule has 0 aromatic heterocycles. The van der Waals surface area contributed by atoms with E-state index < -0.39 is 0 Å². The highest BCUT2D eigenvalue weighted by molar-refractivity contribution is 6.04. The lowest BCUT2D eigenvalue weighted by molar-refractivity contribution is 0.104. The van der Waals surface area contributed by atoms with Gasteiger partial charge in [0.2, 0.25) is 0 Å². The molecule has 1 aromatic rings. The van der Waals surface area contributed by atoms with E-state index in [4.69, 9.17) is 5.11 Å². The van der Waals surface area contributed by atoms with Crippen LogP contribution < -0.4 is 0 Å². The summed E-state index contributed by atoms with van der Waals surface area (Å²) in [6.45, 7) is 1.97. The normalized spacial score (nSPS) is 10.5. The summed E-state index contributed by atoms with van der Waals surface area (Å²) in [6.07, 6.45) is 4.21. The van der Waals surface area contributed by atoms with Crippen molar-refractivity contribution in [2.45, 2.75) is 13.3 Å². The second kappa shape index (κ2) is 4.45. The Labute approximate surface area is 77.5 Å². The molecule has 68 valence electrons. The van der Waals surface area contributed by atoms with E-state index in [1.807, 2.05) is 13.0 Å². The predicted molar refractivity (Wildman–Crippen MR) is 51.9 cm³/mol. The molecule has 0 saturated heterocycles. The summed E-state index contributed by atoms with van der Waals surface area (Å²) in [5, 5.41) is 8.99. The highest BCUT2D eigenvalue weighted by atomic mass is 16.3. The lowest BCUT2D eigenvalue weighted by Gasteiger charge is -1.95. The van der Waals surface area contributed by atoms with Crippen molar-refractivity contribution in [3.05, 3.63) is 42.0 Å². The zero-order valence-corrected chi connectivity index (χ0v) is 7.53. The Morgan fingerprint density at radius 1 is 1.38 bits per heavy atom. The van der Waals surface area contributed by atoms with E-state index in [2.05, 4.69) is 0 Å². The molecule has 0 bridgehead atoms. The summed E-state index contributed by atoms with van der Waals surface area (Å²) in [4.78, 5) is 11.3. The summed E-state index contributed by atoms with van der Waals surface area (Å²) in [6, 6.07) is 6.23. The zero-order chi connectivity index (χ0) is 9.68. The van der Waals surface area contributed by atoms with Crippen LogP contribution >= 0.6 is 0 Å². The highest BCUT2D eigenvalue weighted by Gasteiger charge is 1.99. The van der Waals surface area contributed by atoms with Crippen LogP contribution in [0.2, 0.25) is 0 Å². The Hall–Kier alpha value is -1.57. The second-order valence-electron chi connectivity index (χ2n) is 2.72. The molecule has 0 aliphatic heterocycles. The van der Waals surface area contributed by atoms with Crippen molar-refractivity contribution in [3.63, 3.8) is 0 Å². The van der Waals surface area contributed by atoms with Crippen molar-refractivity contribution in [1.82, 2.24) is 0 Å². The van der Waals surface area contributed by atoms with Gasteiger partial charge in [-0.3, -0.25) is 4.79 Å². The van der Waals surface area contributed by atoms with Gasteiger partial charge in [0.25, 0.3) is 0 Å². The molecule has 2 nitrogen and oxygen atoms in total. The number of benzene rings is 1. The Bertz CT molecular complexity index is 309. The molecule has 0 unspecified atom stereocenters. The molecule has 0 aliphatic carbocycles. The van der Waals surface area contributed by atoms with Crippen LogP contribution in [0.25, 0.3) is 0 Å². The van der Waals surface area contributed by atoms with Gasteiger partial charge < -0.3 is 5.11 Å². The third-order valence-corrected chi connectivity index (χ3v) is 1.66. The molecule has 1 N–H and O–H groups in total. The van der Waals surface area contributed by atoms with Gasteiger partial charge in [-0.15, -0.1) is 0 Å². The van der Waals surface area contributed by atoms with E-state index in [9.17, 15) is 4.79 Å². The summed E-state index contributed by atoms with van der Waals surface area (Å²) in [5.41, 5.74) is 0.600. The minimum absolute atomic E-state index is 0.0261. The SMILES string of the molecule is CCC=CC(=O)c1ccc(O)cc1. The maximum absolute atomic E-state index is 11.3. The Kier molecular flexibility index (Phi) is 3.26. The smallest absolute Gasteiger partial charge is 0.185 e. The number of allylic oxidation sites excluding steroid dienone is 2. The van der Waals surface area contributed by atoms with Crippen LogP contribution in [0.15, 0.2) is 36.4 Å². The average molecular weight is 176 g/mol. The molecule has 0 amide bonds. The third kappa shape index (κ3) is 2.75. The fourth-order valence-corrected chi connectivity index (χ4v) is 0.947. The molecule has 1 aromatic carbocycles. The van der Waals surface area contributed by atoms with Crippen molar-refractivity contribution in [2.24, 2.45) is 0 Å². The molecule has 0 heterocycles. The maximum atomic E-state index is 11.3. The first-order chi connectivity index (χ1) is 6.24. The van der Waals surface area contributed by atoms with E-state index in [0.717, 1.165) is 6.42 Å². The number of carbonyl (C=O) groups excluding carboxylic acids is 1. The fraction of sp³-hybridized carbons (Fsp3) is 0.182. The number of hydrogen-bond donors (Lipinski definition) is 1. The first-order valence-corrected chi connectivity index (χ1v) is 4.24. The number of ketones is 1. The van der Waals surface area contributed by atoms with Crippen LogP contribution in [0.1, 0.15) is 23.7 Å². The van der Waals surface area contributed by atoms with Gasteiger partial charge in [-0.2, -0.15) is 0 Å². The first kappa shape index (κ1) is 9.52. The van der Waals surface area contributed by atoms with Crippen molar-refractivity contribution >= 4 is 5.78 Å². The molecule has 0 radical (unpaired) electrons. The fourth-order valence-electron chi connectivity index (χ4n) is 0.947. The van der Waals surface area contributed by atoms with Crippen LogP contribution in [-0.4, -0.2) is 10.9 Å². The predicted octanol–water partition coefficient (Wildman–Crippen LogP) is 2.54. The van der Waals surface area contributed by atoms with E-state index in [0.29, 0.717) is 5.56 Å². The molecule has 1 rings (SSSR count). The molecule has 0 spiro atoms. The van der Waals surface area contributed by atoms with Gasteiger partial charge in [-0.1, -0.05) is 13.0 Å². The highest BCUT2D eigenvalue weighted by Crippen LogP contribution is 2.10. The minimum atomic E-state index is -0.0261. The van der Waals surface area contributed by atoms with Gasteiger partial charge >= 0.3 is 0 Å². The second-order valence-corrected chi connectivity index (χ2v) is 2.72. The van der Waals surface area contributed by atoms with E-state index in [1.165, 1.54) is 12.1 Å². The van der Waals surface area contributed by atoms with Gasteiger partial charge in [0.05, 0.1) is 0 Å². The van der Waals surface area contributed by atoms with Crippen molar-refractivity contribution < 1.29 is 9.90 Å². The zero-order valence-electron chi connectivity index (χ0n) is 7.53. The van der Waals surface area contributed by atoms with Crippen LogP contribution in [-0.2, 0) is 0 Å². The number of aromatic hydroxyl groups is 1. The topological polar surface area (TPSA) is 37.3 Å². The Morgan fingerprint density at radius 3 is 2.54 bits per heavy atom. The monoisotopic (exact) mass is 176 g/mol. The molecule has 0 aliphatic rings. The van der Waals surface area contributed by atoms with Crippen molar-refractivity contribution in [1.29, 1.82) is 0 Å². The molecular weight excluding hydrogens is 164 g/mol. The maximum Gasteiger partial charge on any atom is 0.185 e. The largest absolute Gasteiger partial charge is 0.508 e. The lowest BCUT2D eigenvalue weighted by atomic mass is 10.1. The Morgan fingerprint density at radius 2 is 2.00 bits per heavy atom. The Balaban J connectivity index is 2.78. The average Bonchev–Trinajstić information content (AvgIpc) is 2.15. The molecule has 0 saturated carbocycles. The number of phenolic OH excluding ortho intramolecular Hbond substituents is 1. The molecule has 13 heavy (non-hydrogen) atoms. The summed E-state index contributed by atoms with van der Waals surface area (Å²) in [7, 11) is 0. The number of rotatable bonds is 3. The van der Waals surface area contributed by atoms with Gasteiger partial charge in [0.1, 0.15) is 5.75 Å². The molecule has 0 fully saturated rings. The molecular formula is C11H12O2. The quantitative estimate of drug-likeness (QED) is 0.567. The standard InChI is InChI=1S/C11H12O2/c1-2-3-4-11(13)9-5-7-10(12)8-6-9/h3-8,12H,2H2,1H3. The lowest BCUT2D eigenvalue weighted by Crippen LogP contribution is -1.92. The third-order valence-electron chi connectivity index (χ3n) is 1.66. The number of hydrogen-bond acceptors (Lipinski definition) is 2. The van der Waals surface area contributed by atoms with E-state index in [-0.39, 0.29) is 11.5 Å². The molecule has 2 heteroatoms. The van der Waals surface area contributed by atoms with Gasteiger partial charge in [0.15, 0.2) is 5.78 Å². The van der Waals surface area contributed by atoms with Gasteiger partial charge in [-0.05, 0) is 36.8 Å². The summed E-state index contributed by atoms with van der Waals surface area (Å²) in [5.74, 6) is 0.151. The van der Waals surface area contributed by atoms with Crippen LogP contribution in [0.4, 0.5) is 0 Å². The van der Waals surface area contributed by atoms with Crippen LogP contribution in [0, 0.1) is 0 Å².